The molecule has 0 unspecified atom stereocenters. The lowest BCUT2D eigenvalue weighted by Gasteiger charge is -2.26. The number of thiocarbonyl (C=S) groups is 1. The molecule has 1 heterocycles. The lowest BCUT2D eigenvalue weighted by Crippen LogP contribution is -2.35. The van der Waals surface area contributed by atoms with Crippen molar-refractivity contribution in [3.8, 4) is 0 Å². The van der Waals surface area contributed by atoms with Crippen LogP contribution >= 0.6 is 12.2 Å². The van der Waals surface area contributed by atoms with Gasteiger partial charge in [-0.25, -0.2) is 0 Å². The van der Waals surface area contributed by atoms with Gasteiger partial charge in [0.1, 0.15) is 0 Å². The zero-order valence-electron chi connectivity index (χ0n) is 16.0. The summed E-state index contributed by atoms with van der Waals surface area (Å²) in [5.74, 6) is -0.493. The second-order valence-corrected chi connectivity index (χ2v) is 7.11. The predicted molar refractivity (Wildman–Crippen MR) is 114 cm³/mol. The van der Waals surface area contributed by atoms with Crippen molar-refractivity contribution in [2.75, 3.05) is 31.6 Å². The van der Waals surface area contributed by atoms with Gasteiger partial charge in [0, 0.05) is 42.5 Å². The van der Waals surface area contributed by atoms with E-state index in [0.717, 1.165) is 38.5 Å². The van der Waals surface area contributed by atoms with Crippen molar-refractivity contribution in [1.29, 1.82) is 0 Å². The summed E-state index contributed by atoms with van der Waals surface area (Å²) in [5.41, 5.74) is 2.33. The van der Waals surface area contributed by atoms with Crippen LogP contribution in [0.15, 0.2) is 42.5 Å². The van der Waals surface area contributed by atoms with Crippen LogP contribution in [0.5, 0.6) is 0 Å². The number of nitrogens with zero attached hydrogens (tertiary/aromatic N) is 2. The van der Waals surface area contributed by atoms with E-state index in [1.807, 2.05) is 24.3 Å². The van der Waals surface area contributed by atoms with Gasteiger partial charge in [-0.2, -0.15) is 0 Å². The minimum atomic E-state index is -0.513. The van der Waals surface area contributed by atoms with Crippen molar-refractivity contribution in [1.82, 2.24) is 10.2 Å². The second kappa shape index (κ2) is 9.55. The molecule has 0 aromatic heterocycles. The Bertz CT molecular complexity index is 911. The van der Waals surface area contributed by atoms with E-state index in [0.29, 0.717) is 5.56 Å². The number of carbonyl (C=O) groups excluding carboxylic acids is 1. The van der Waals surface area contributed by atoms with Crippen molar-refractivity contribution in [2.45, 2.75) is 13.5 Å². The second-order valence-electron chi connectivity index (χ2n) is 6.70. The van der Waals surface area contributed by atoms with Crippen LogP contribution in [0.25, 0.3) is 0 Å². The minimum absolute atomic E-state index is 0.104. The standard InChI is InChI=1S/C20H22N4O4S/c1-14-17(3-2-4-18(14)24(26)27)19(25)22-20(29)21-16-7-5-15(6-8-16)13-23-9-11-28-12-10-23/h2-8H,9-13H2,1H3,(H2,21,22,25,29). The lowest BCUT2D eigenvalue weighted by molar-refractivity contribution is -0.385. The van der Waals surface area contributed by atoms with Gasteiger partial charge in [0.25, 0.3) is 11.6 Å². The molecule has 1 aliphatic rings. The van der Waals surface area contributed by atoms with E-state index in [9.17, 15) is 14.9 Å². The smallest absolute Gasteiger partial charge is 0.273 e. The predicted octanol–water partition coefficient (Wildman–Crippen LogP) is 2.86. The van der Waals surface area contributed by atoms with Crippen LogP contribution < -0.4 is 10.6 Å². The van der Waals surface area contributed by atoms with Gasteiger partial charge in [0.2, 0.25) is 0 Å². The number of benzene rings is 2. The topological polar surface area (TPSA) is 96.7 Å². The number of nitro benzene ring substituents is 1. The fraction of sp³-hybridized carbons (Fsp3) is 0.300. The van der Waals surface area contributed by atoms with Gasteiger partial charge in [-0.15, -0.1) is 0 Å². The fourth-order valence-corrected chi connectivity index (χ4v) is 3.32. The summed E-state index contributed by atoms with van der Waals surface area (Å²) in [6.07, 6.45) is 0. The highest BCUT2D eigenvalue weighted by atomic mass is 32.1. The quantitative estimate of drug-likeness (QED) is 0.441. The maximum atomic E-state index is 12.4. The van der Waals surface area contributed by atoms with E-state index >= 15 is 0 Å². The Morgan fingerprint density at radius 2 is 1.90 bits per heavy atom. The Labute approximate surface area is 174 Å². The number of hydrogen-bond acceptors (Lipinski definition) is 6. The van der Waals surface area contributed by atoms with Crippen LogP contribution in [0.4, 0.5) is 11.4 Å². The summed E-state index contributed by atoms with van der Waals surface area (Å²) in [6, 6.07) is 12.2. The Morgan fingerprint density at radius 1 is 1.21 bits per heavy atom. The number of nitrogens with one attached hydrogen (secondary N) is 2. The number of nitro groups is 1. The molecule has 152 valence electrons. The molecule has 0 saturated carbocycles. The number of rotatable bonds is 5. The van der Waals surface area contributed by atoms with E-state index in [1.54, 1.807) is 0 Å². The average molecular weight is 414 g/mol. The zero-order chi connectivity index (χ0) is 20.8. The van der Waals surface area contributed by atoms with Crippen molar-refractivity contribution in [2.24, 2.45) is 0 Å². The van der Waals surface area contributed by atoms with Crippen LogP contribution in [0.3, 0.4) is 0 Å². The zero-order valence-corrected chi connectivity index (χ0v) is 16.8. The Morgan fingerprint density at radius 3 is 2.55 bits per heavy atom. The molecule has 1 amide bonds. The van der Waals surface area contributed by atoms with Gasteiger partial charge in [0.15, 0.2) is 5.11 Å². The minimum Gasteiger partial charge on any atom is -0.379 e. The van der Waals surface area contributed by atoms with E-state index in [-0.39, 0.29) is 16.4 Å². The van der Waals surface area contributed by atoms with Gasteiger partial charge in [-0.05, 0) is 42.9 Å². The maximum absolute atomic E-state index is 12.4. The summed E-state index contributed by atoms with van der Waals surface area (Å²) in [5, 5.41) is 16.7. The number of anilines is 1. The number of morpholine rings is 1. The lowest BCUT2D eigenvalue weighted by atomic mass is 10.1. The third kappa shape index (κ3) is 5.57. The number of hydrogen-bond donors (Lipinski definition) is 2. The number of amides is 1. The van der Waals surface area contributed by atoms with Crippen molar-refractivity contribution < 1.29 is 14.5 Å². The Balaban J connectivity index is 1.57. The molecule has 29 heavy (non-hydrogen) atoms. The normalized spacial score (nSPS) is 14.2. The first-order valence-corrected chi connectivity index (χ1v) is 9.60. The first-order chi connectivity index (χ1) is 13.9. The summed E-state index contributed by atoms with van der Waals surface area (Å²) in [4.78, 5) is 25.3. The van der Waals surface area contributed by atoms with Crippen molar-refractivity contribution in [3.05, 3.63) is 69.3 Å². The van der Waals surface area contributed by atoms with E-state index in [1.165, 1.54) is 30.7 Å². The largest absolute Gasteiger partial charge is 0.379 e. The summed E-state index contributed by atoms with van der Waals surface area (Å²) >= 11 is 5.20. The average Bonchev–Trinajstić information content (AvgIpc) is 2.70. The third-order valence-electron chi connectivity index (χ3n) is 4.70. The van der Waals surface area contributed by atoms with Gasteiger partial charge < -0.3 is 10.1 Å². The monoisotopic (exact) mass is 414 g/mol. The van der Waals surface area contributed by atoms with Crippen LogP contribution in [0.1, 0.15) is 21.5 Å². The number of carbonyl (C=O) groups is 1. The summed E-state index contributed by atoms with van der Waals surface area (Å²) in [6.45, 7) is 5.77. The Kier molecular flexibility index (Phi) is 6.86. The molecule has 8 nitrogen and oxygen atoms in total. The van der Waals surface area contributed by atoms with Gasteiger partial charge in [-0.1, -0.05) is 18.2 Å². The van der Waals surface area contributed by atoms with Crippen LogP contribution in [0, 0.1) is 17.0 Å². The maximum Gasteiger partial charge on any atom is 0.273 e. The van der Waals surface area contributed by atoms with E-state index in [4.69, 9.17) is 17.0 Å². The molecular formula is C20H22N4O4S. The van der Waals surface area contributed by atoms with Gasteiger partial charge >= 0.3 is 0 Å². The highest BCUT2D eigenvalue weighted by molar-refractivity contribution is 7.80. The molecule has 1 fully saturated rings. The summed E-state index contributed by atoms with van der Waals surface area (Å²) in [7, 11) is 0. The first kappa shape index (κ1) is 20.8. The molecule has 1 saturated heterocycles. The first-order valence-electron chi connectivity index (χ1n) is 9.19. The van der Waals surface area contributed by atoms with Crippen molar-refractivity contribution in [3.63, 3.8) is 0 Å². The van der Waals surface area contributed by atoms with E-state index in [2.05, 4.69) is 15.5 Å². The fourth-order valence-electron chi connectivity index (χ4n) is 3.11. The highest BCUT2D eigenvalue weighted by Gasteiger charge is 2.18. The molecule has 2 N–H and O–H groups in total. The molecule has 0 aliphatic carbocycles. The Hall–Kier alpha value is -2.88. The molecular weight excluding hydrogens is 392 g/mol. The highest BCUT2D eigenvalue weighted by Crippen LogP contribution is 2.21. The molecule has 9 heteroatoms. The molecule has 3 rings (SSSR count). The van der Waals surface area contributed by atoms with Crippen LogP contribution in [0.2, 0.25) is 0 Å². The van der Waals surface area contributed by atoms with Gasteiger partial charge in [0.05, 0.1) is 18.1 Å². The van der Waals surface area contributed by atoms with Crippen LogP contribution in [-0.2, 0) is 11.3 Å². The van der Waals surface area contributed by atoms with E-state index < -0.39 is 10.8 Å². The van der Waals surface area contributed by atoms with Gasteiger partial charge in [-0.3, -0.25) is 25.1 Å². The molecule has 2 aromatic carbocycles. The van der Waals surface area contributed by atoms with Crippen molar-refractivity contribution >= 4 is 34.6 Å². The molecule has 0 radical (unpaired) electrons. The SMILES string of the molecule is Cc1c(C(=O)NC(=S)Nc2ccc(CN3CCOCC3)cc2)cccc1[N+](=O)[O-]. The molecule has 2 aromatic rings. The summed E-state index contributed by atoms with van der Waals surface area (Å²) < 4.78 is 5.36. The van der Waals surface area contributed by atoms with Crippen LogP contribution in [-0.4, -0.2) is 47.1 Å². The molecule has 0 atom stereocenters. The molecule has 1 aliphatic heterocycles. The third-order valence-corrected chi connectivity index (χ3v) is 4.90. The molecule has 0 bridgehead atoms. The molecule has 0 spiro atoms. The number of ether oxygens (including phenoxy) is 1.